The predicted octanol–water partition coefficient (Wildman–Crippen LogP) is 4.17. The fourth-order valence-electron chi connectivity index (χ4n) is 2.76. The van der Waals surface area contributed by atoms with Gasteiger partial charge in [-0.1, -0.05) is 41.4 Å². The average molecular weight is 378 g/mol. The van der Waals surface area contributed by atoms with Crippen LogP contribution < -0.4 is 15.5 Å². The van der Waals surface area contributed by atoms with Gasteiger partial charge in [0.2, 0.25) is 5.91 Å². The summed E-state index contributed by atoms with van der Waals surface area (Å²) in [4.78, 5) is 25.9. The highest BCUT2D eigenvalue weighted by atomic mass is 35.5. The van der Waals surface area contributed by atoms with E-state index in [9.17, 15) is 9.59 Å². The second kappa shape index (κ2) is 7.76. The number of nitrogens with zero attached hydrogens (tertiary/aromatic N) is 1. The molecule has 1 saturated heterocycles. The Balaban J connectivity index is 1.51. The Labute approximate surface area is 155 Å². The molecule has 1 atom stereocenters. The zero-order valence-corrected chi connectivity index (χ0v) is 14.8. The summed E-state index contributed by atoms with van der Waals surface area (Å²) in [6, 6.07) is 14.1. The van der Waals surface area contributed by atoms with E-state index in [4.69, 9.17) is 23.2 Å². The maximum atomic E-state index is 12.2. The lowest BCUT2D eigenvalue weighted by molar-refractivity contribution is -0.117. The summed E-state index contributed by atoms with van der Waals surface area (Å²) in [5.74, 6) is 0.148. The van der Waals surface area contributed by atoms with Gasteiger partial charge in [-0.05, 0) is 30.3 Å². The minimum absolute atomic E-state index is 0.0721. The molecule has 1 heterocycles. The van der Waals surface area contributed by atoms with Crippen LogP contribution in [0.15, 0.2) is 48.5 Å². The molecule has 7 heteroatoms. The zero-order valence-electron chi connectivity index (χ0n) is 13.3. The molecule has 0 aliphatic carbocycles. The zero-order chi connectivity index (χ0) is 17.8. The van der Waals surface area contributed by atoms with Gasteiger partial charge in [0.15, 0.2) is 0 Å². The lowest BCUT2D eigenvalue weighted by atomic mass is 10.1. The minimum Gasteiger partial charge on any atom is -0.338 e. The maximum absolute atomic E-state index is 12.2. The smallest absolute Gasteiger partial charge is 0.319 e. The number of carbonyl (C=O) groups is 2. The molecule has 0 bridgehead atoms. The molecule has 3 rings (SSSR count). The number of amides is 3. The number of hydrogen-bond acceptors (Lipinski definition) is 2. The van der Waals surface area contributed by atoms with E-state index in [1.165, 1.54) is 0 Å². The van der Waals surface area contributed by atoms with Crippen LogP contribution in [0.4, 0.5) is 16.2 Å². The lowest BCUT2D eigenvalue weighted by Crippen LogP contribution is -2.34. The van der Waals surface area contributed by atoms with Crippen LogP contribution in [0.25, 0.3) is 0 Å². The fourth-order valence-corrected chi connectivity index (χ4v) is 3.06. The van der Waals surface area contributed by atoms with E-state index >= 15 is 0 Å². The molecule has 1 aliphatic rings. The Bertz CT molecular complexity index is 783. The molecule has 0 radical (unpaired) electrons. The van der Waals surface area contributed by atoms with Gasteiger partial charge >= 0.3 is 6.03 Å². The van der Waals surface area contributed by atoms with E-state index < -0.39 is 0 Å². The van der Waals surface area contributed by atoms with E-state index in [1.807, 2.05) is 30.3 Å². The van der Waals surface area contributed by atoms with Crippen LogP contribution in [0, 0.1) is 5.92 Å². The third kappa shape index (κ3) is 4.44. The summed E-state index contributed by atoms with van der Waals surface area (Å²) in [6.45, 7) is 1.01. The number of carbonyl (C=O) groups excluding carboxylic acids is 2. The average Bonchev–Trinajstić information content (AvgIpc) is 2.98. The first-order valence-electron chi connectivity index (χ1n) is 7.88. The highest BCUT2D eigenvalue weighted by molar-refractivity contribution is 6.42. The van der Waals surface area contributed by atoms with Crippen molar-refractivity contribution < 1.29 is 9.59 Å². The molecule has 1 unspecified atom stereocenters. The van der Waals surface area contributed by atoms with Gasteiger partial charge in [0.05, 0.1) is 10.0 Å². The van der Waals surface area contributed by atoms with Crippen molar-refractivity contribution in [1.29, 1.82) is 0 Å². The fraction of sp³-hybridized carbons (Fsp3) is 0.222. The Morgan fingerprint density at radius 3 is 2.60 bits per heavy atom. The lowest BCUT2D eigenvalue weighted by Gasteiger charge is -2.17. The quantitative estimate of drug-likeness (QED) is 0.839. The second-order valence-corrected chi connectivity index (χ2v) is 6.69. The molecule has 5 nitrogen and oxygen atoms in total. The van der Waals surface area contributed by atoms with E-state index in [2.05, 4.69) is 10.6 Å². The summed E-state index contributed by atoms with van der Waals surface area (Å²) in [5.41, 5.74) is 1.44. The molecule has 1 fully saturated rings. The molecule has 130 valence electrons. The Hall–Kier alpha value is -2.24. The molecular formula is C18H17Cl2N3O2. The first kappa shape index (κ1) is 17.6. The minimum atomic E-state index is -0.344. The standard InChI is InChI=1S/C18H17Cl2N3O2/c19-15-7-6-13(9-16(15)20)22-18(25)21-10-12-8-17(24)23(11-12)14-4-2-1-3-5-14/h1-7,9,12H,8,10-11H2,(H2,21,22,25). The molecule has 0 saturated carbocycles. The van der Waals surface area contributed by atoms with Crippen molar-refractivity contribution in [2.24, 2.45) is 5.92 Å². The van der Waals surface area contributed by atoms with Crippen LogP contribution >= 0.6 is 23.2 Å². The van der Waals surface area contributed by atoms with E-state index in [-0.39, 0.29) is 17.9 Å². The van der Waals surface area contributed by atoms with Crippen LogP contribution in [0.1, 0.15) is 6.42 Å². The largest absolute Gasteiger partial charge is 0.338 e. The number of para-hydroxylation sites is 1. The normalized spacial score (nSPS) is 16.8. The number of halogens is 2. The maximum Gasteiger partial charge on any atom is 0.319 e. The van der Waals surface area contributed by atoms with Crippen LogP contribution in [0.3, 0.4) is 0 Å². The monoisotopic (exact) mass is 377 g/mol. The van der Waals surface area contributed by atoms with Gasteiger partial charge in [-0.3, -0.25) is 4.79 Å². The van der Waals surface area contributed by atoms with Gasteiger partial charge in [-0.15, -0.1) is 0 Å². The third-order valence-electron chi connectivity index (χ3n) is 4.00. The van der Waals surface area contributed by atoms with Crippen LogP contribution in [-0.2, 0) is 4.79 Å². The molecular weight excluding hydrogens is 361 g/mol. The number of anilines is 2. The van der Waals surface area contributed by atoms with E-state index in [0.717, 1.165) is 5.69 Å². The van der Waals surface area contributed by atoms with Gasteiger partial charge < -0.3 is 15.5 Å². The molecule has 0 aromatic heterocycles. The van der Waals surface area contributed by atoms with Gasteiger partial charge in [0.1, 0.15) is 0 Å². The number of urea groups is 1. The first-order valence-corrected chi connectivity index (χ1v) is 8.64. The third-order valence-corrected chi connectivity index (χ3v) is 4.74. The van der Waals surface area contributed by atoms with Crippen LogP contribution in [0.5, 0.6) is 0 Å². The van der Waals surface area contributed by atoms with Gasteiger partial charge in [0.25, 0.3) is 0 Å². The van der Waals surface area contributed by atoms with E-state index in [1.54, 1.807) is 23.1 Å². The summed E-state index contributed by atoms with van der Waals surface area (Å²) in [7, 11) is 0. The van der Waals surface area contributed by atoms with Gasteiger partial charge in [-0.2, -0.15) is 0 Å². The van der Waals surface area contributed by atoms with Crippen molar-refractivity contribution in [3.63, 3.8) is 0 Å². The number of hydrogen-bond donors (Lipinski definition) is 2. The van der Waals surface area contributed by atoms with Gasteiger partial charge in [-0.25, -0.2) is 4.79 Å². The number of rotatable bonds is 4. The highest BCUT2D eigenvalue weighted by Crippen LogP contribution is 2.26. The molecule has 2 aromatic rings. The SMILES string of the molecule is O=C(NCC1CC(=O)N(c2ccccc2)C1)Nc1ccc(Cl)c(Cl)c1. The summed E-state index contributed by atoms with van der Waals surface area (Å²) >= 11 is 11.8. The summed E-state index contributed by atoms with van der Waals surface area (Å²) in [5, 5.41) is 6.29. The molecule has 25 heavy (non-hydrogen) atoms. The van der Waals surface area contributed by atoms with Crippen LogP contribution in [-0.4, -0.2) is 25.0 Å². The summed E-state index contributed by atoms with van der Waals surface area (Å²) in [6.07, 6.45) is 0.419. The van der Waals surface area contributed by atoms with Crippen molar-refractivity contribution in [3.05, 3.63) is 58.6 Å². The molecule has 3 amide bonds. The van der Waals surface area contributed by atoms with Gasteiger partial charge in [0, 0.05) is 36.8 Å². The molecule has 1 aliphatic heterocycles. The Kier molecular flexibility index (Phi) is 5.46. The highest BCUT2D eigenvalue weighted by Gasteiger charge is 2.30. The Morgan fingerprint density at radius 1 is 1.12 bits per heavy atom. The van der Waals surface area contributed by atoms with Crippen molar-refractivity contribution >= 4 is 46.5 Å². The van der Waals surface area contributed by atoms with Crippen LogP contribution in [0.2, 0.25) is 10.0 Å². The van der Waals surface area contributed by atoms with E-state index in [0.29, 0.717) is 35.2 Å². The summed E-state index contributed by atoms with van der Waals surface area (Å²) < 4.78 is 0. The topological polar surface area (TPSA) is 61.4 Å². The second-order valence-electron chi connectivity index (χ2n) is 5.87. The molecule has 2 N–H and O–H groups in total. The first-order chi connectivity index (χ1) is 12.0. The van der Waals surface area contributed by atoms with Crippen molar-refractivity contribution in [2.75, 3.05) is 23.3 Å². The molecule has 0 spiro atoms. The van der Waals surface area contributed by atoms with Crippen molar-refractivity contribution in [2.45, 2.75) is 6.42 Å². The Morgan fingerprint density at radius 2 is 1.88 bits per heavy atom. The van der Waals surface area contributed by atoms with Crippen molar-refractivity contribution in [1.82, 2.24) is 5.32 Å². The number of nitrogens with one attached hydrogen (secondary N) is 2. The molecule has 2 aromatic carbocycles. The predicted molar refractivity (Wildman–Crippen MR) is 100 cm³/mol. The number of benzene rings is 2. The van der Waals surface area contributed by atoms with Crippen molar-refractivity contribution in [3.8, 4) is 0 Å².